The Hall–Kier alpha value is -3.95. The van der Waals surface area contributed by atoms with Crippen molar-refractivity contribution in [1.82, 2.24) is 0 Å². The molecular formula is C25H24N2O6S. The van der Waals surface area contributed by atoms with Gasteiger partial charge in [-0.3, -0.25) is 4.79 Å². The number of hydrogen-bond donors (Lipinski definition) is 2. The van der Waals surface area contributed by atoms with Gasteiger partial charge < -0.3 is 14.8 Å². The number of carbonyl (C=O) groups is 2. The Morgan fingerprint density at radius 3 is 2.26 bits per heavy atom. The summed E-state index contributed by atoms with van der Waals surface area (Å²) in [6.45, 7) is 1.44. The van der Waals surface area contributed by atoms with Crippen molar-refractivity contribution in [2.75, 3.05) is 12.4 Å². The van der Waals surface area contributed by atoms with E-state index in [1.54, 1.807) is 55.7 Å². The Bertz CT molecular complexity index is 1300. The molecule has 3 rings (SSSR count). The Balaban J connectivity index is 1.77. The minimum atomic E-state index is -3.84. The summed E-state index contributed by atoms with van der Waals surface area (Å²) in [6, 6.07) is 21.5. The van der Waals surface area contributed by atoms with Gasteiger partial charge in [-0.1, -0.05) is 42.5 Å². The number of hydrogen-bond acceptors (Lipinski definition) is 6. The molecule has 0 heterocycles. The van der Waals surface area contributed by atoms with Gasteiger partial charge in [0, 0.05) is 5.69 Å². The third-order valence-electron chi connectivity index (χ3n) is 4.81. The van der Waals surface area contributed by atoms with Gasteiger partial charge in [0.25, 0.3) is 5.91 Å². The molecule has 3 aromatic rings. The molecule has 8 nitrogen and oxygen atoms in total. The molecule has 3 aromatic carbocycles. The van der Waals surface area contributed by atoms with Crippen LogP contribution in [0.25, 0.3) is 11.6 Å². The van der Waals surface area contributed by atoms with E-state index >= 15 is 0 Å². The largest absolute Gasteiger partial charge is 0.497 e. The van der Waals surface area contributed by atoms with Gasteiger partial charge in [0.05, 0.1) is 17.6 Å². The van der Waals surface area contributed by atoms with Crippen LogP contribution in [0.4, 0.5) is 5.69 Å². The van der Waals surface area contributed by atoms with E-state index in [9.17, 15) is 18.0 Å². The lowest BCUT2D eigenvalue weighted by molar-refractivity contribution is -0.147. The van der Waals surface area contributed by atoms with Crippen LogP contribution in [-0.2, 0) is 24.3 Å². The van der Waals surface area contributed by atoms with E-state index in [4.69, 9.17) is 14.6 Å². The number of primary sulfonamides is 1. The zero-order valence-electron chi connectivity index (χ0n) is 18.6. The van der Waals surface area contributed by atoms with E-state index in [2.05, 4.69) is 5.32 Å². The van der Waals surface area contributed by atoms with Crippen LogP contribution in [-0.4, -0.2) is 33.5 Å². The van der Waals surface area contributed by atoms with Crippen molar-refractivity contribution >= 4 is 39.2 Å². The molecule has 176 valence electrons. The van der Waals surface area contributed by atoms with Crippen molar-refractivity contribution in [3.8, 4) is 5.75 Å². The van der Waals surface area contributed by atoms with Crippen LogP contribution in [0.1, 0.15) is 18.1 Å². The van der Waals surface area contributed by atoms with Crippen LogP contribution >= 0.6 is 0 Å². The van der Waals surface area contributed by atoms with Crippen LogP contribution in [0.15, 0.2) is 83.8 Å². The number of methoxy groups -OCH3 is 1. The number of nitrogens with one attached hydrogen (secondary N) is 1. The van der Waals surface area contributed by atoms with E-state index in [0.29, 0.717) is 17.0 Å². The van der Waals surface area contributed by atoms with E-state index < -0.39 is 28.0 Å². The third kappa shape index (κ3) is 6.53. The number of sulfonamides is 1. The van der Waals surface area contributed by atoms with Crippen molar-refractivity contribution in [3.63, 3.8) is 0 Å². The summed E-state index contributed by atoms with van der Waals surface area (Å²) in [5, 5.41) is 7.66. The summed E-state index contributed by atoms with van der Waals surface area (Å²) in [5.74, 6) is -0.623. The van der Waals surface area contributed by atoms with E-state index in [0.717, 1.165) is 5.56 Å². The second-order valence-electron chi connectivity index (χ2n) is 7.31. The zero-order chi connectivity index (χ0) is 24.7. The number of benzene rings is 3. The number of carbonyl (C=O) groups excluding carboxylic acids is 2. The standard InChI is InChI=1S/C25H24N2O6S/c1-17(24(28)27-20-11-13-22(14-12-20)34(26,30)31)33-25(29)23(19-8-4-3-5-9-19)16-18-7-6-10-21(15-18)32-2/h3-17H,1-2H3,(H,27,28)(H2,26,30,31)/b23-16+/t17-/m1/s1. The second kappa shape index (κ2) is 10.8. The maximum atomic E-state index is 13.0. The number of amides is 1. The van der Waals surface area contributed by atoms with Crippen molar-refractivity contribution < 1.29 is 27.5 Å². The van der Waals surface area contributed by atoms with Crippen LogP contribution < -0.4 is 15.2 Å². The summed E-state index contributed by atoms with van der Waals surface area (Å²) in [5.41, 5.74) is 1.95. The summed E-state index contributed by atoms with van der Waals surface area (Å²) in [4.78, 5) is 25.5. The molecule has 0 aliphatic carbocycles. The SMILES string of the molecule is COc1cccc(/C=C(/C(=O)O[C@H](C)C(=O)Nc2ccc(S(N)(=O)=O)cc2)c2ccccc2)c1. The molecule has 0 saturated heterocycles. The van der Waals surface area contributed by atoms with E-state index in [1.807, 2.05) is 12.1 Å². The minimum Gasteiger partial charge on any atom is -0.497 e. The Kier molecular flexibility index (Phi) is 7.83. The fourth-order valence-electron chi connectivity index (χ4n) is 3.03. The Morgan fingerprint density at radius 2 is 1.65 bits per heavy atom. The van der Waals surface area contributed by atoms with Gasteiger partial charge in [-0.05, 0) is 60.5 Å². The van der Waals surface area contributed by atoms with Crippen LogP contribution in [0.3, 0.4) is 0 Å². The highest BCUT2D eigenvalue weighted by atomic mass is 32.2. The molecule has 0 aliphatic heterocycles. The number of rotatable bonds is 8. The highest BCUT2D eigenvalue weighted by Crippen LogP contribution is 2.23. The van der Waals surface area contributed by atoms with Crippen molar-refractivity contribution in [2.45, 2.75) is 17.9 Å². The first-order valence-corrected chi connectivity index (χ1v) is 11.8. The lowest BCUT2D eigenvalue weighted by Gasteiger charge is -2.15. The maximum absolute atomic E-state index is 13.0. The van der Waals surface area contributed by atoms with Gasteiger partial charge in [0.15, 0.2) is 6.10 Å². The molecule has 34 heavy (non-hydrogen) atoms. The van der Waals surface area contributed by atoms with Crippen molar-refractivity contribution in [3.05, 3.63) is 90.0 Å². The van der Waals surface area contributed by atoms with E-state index in [1.165, 1.54) is 31.2 Å². The van der Waals surface area contributed by atoms with Crippen LogP contribution in [0, 0.1) is 0 Å². The van der Waals surface area contributed by atoms with Gasteiger partial charge in [-0.15, -0.1) is 0 Å². The minimum absolute atomic E-state index is 0.0832. The summed E-state index contributed by atoms with van der Waals surface area (Å²) >= 11 is 0. The first-order chi connectivity index (χ1) is 16.2. The lowest BCUT2D eigenvalue weighted by atomic mass is 10.0. The van der Waals surface area contributed by atoms with Gasteiger partial charge in [0.1, 0.15) is 5.75 Å². The van der Waals surface area contributed by atoms with Gasteiger partial charge in [-0.25, -0.2) is 18.4 Å². The summed E-state index contributed by atoms with van der Waals surface area (Å²) in [7, 11) is -2.29. The molecule has 0 spiro atoms. The van der Waals surface area contributed by atoms with Crippen LogP contribution in [0.2, 0.25) is 0 Å². The van der Waals surface area contributed by atoms with Gasteiger partial charge in [0.2, 0.25) is 10.0 Å². The van der Waals surface area contributed by atoms with Crippen molar-refractivity contribution in [2.24, 2.45) is 5.14 Å². The maximum Gasteiger partial charge on any atom is 0.339 e. The molecule has 9 heteroatoms. The Labute approximate surface area is 198 Å². The fraction of sp³-hybridized carbons (Fsp3) is 0.120. The molecule has 1 atom stereocenters. The third-order valence-corrected chi connectivity index (χ3v) is 5.74. The molecule has 0 bridgehead atoms. The Morgan fingerprint density at radius 1 is 0.971 bits per heavy atom. The first-order valence-electron chi connectivity index (χ1n) is 10.2. The summed E-state index contributed by atoms with van der Waals surface area (Å²) in [6.07, 6.45) is 0.541. The monoisotopic (exact) mass is 480 g/mol. The quantitative estimate of drug-likeness (QED) is 0.289. The van der Waals surface area contributed by atoms with E-state index in [-0.39, 0.29) is 10.5 Å². The van der Waals surface area contributed by atoms with Gasteiger partial charge in [-0.2, -0.15) is 0 Å². The molecule has 0 saturated carbocycles. The first kappa shape index (κ1) is 24.7. The average Bonchev–Trinajstić information content (AvgIpc) is 2.82. The zero-order valence-corrected chi connectivity index (χ0v) is 19.4. The van der Waals surface area contributed by atoms with Crippen molar-refractivity contribution in [1.29, 1.82) is 0 Å². The van der Waals surface area contributed by atoms with Crippen LogP contribution in [0.5, 0.6) is 5.75 Å². The smallest absolute Gasteiger partial charge is 0.339 e. The van der Waals surface area contributed by atoms with Gasteiger partial charge >= 0.3 is 5.97 Å². The molecule has 0 aliphatic rings. The molecule has 0 aromatic heterocycles. The molecule has 0 unspecified atom stereocenters. The number of ether oxygens (including phenoxy) is 2. The molecule has 1 amide bonds. The predicted molar refractivity (Wildman–Crippen MR) is 129 cm³/mol. The molecular weight excluding hydrogens is 456 g/mol. The molecule has 0 radical (unpaired) electrons. The average molecular weight is 481 g/mol. The highest BCUT2D eigenvalue weighted by molar-refractivity contribution is 7.89. The molecule has 0 fully saturated rings. The number of esters is 1. The summed E-state index contributed by atoms with van der Waals surface area (Å²) < 4.78 is 33.4. The lowest BCUT2D eigenvalue weighted by Crippen LogP contribution is -2.30. The highest BCUT2D eigenvalue weighted by Gasteiger charge is 2.22. The molecule has 3 N–H and O–H groups in total. The number of nitrogens with two attached hydrogens (primary N) is 1. The normalized spacial score (nSPS) is 12.5. The fourth-order valence-corrected chi connectivity index (χ4v) is 3.54. The number of anilines is 1. The second-order valence-corrected chi connectivity index (χ2v) is 8.87. The predicted octanol–water partition coefficient (Wildman–Crippen LogP) is 3.45. The topological polar surface area (TPSA) is 125 Å².